The Kier molecular flexibility index (Phi) is 6.60. The molecule has 3 aromatic heterocycles. The molecular weight excluding hydrogens is 446 g/mol. The minimum absolute atomic E-state index is 0.0704. The topological polar surface area (TPSA) is 63.5 Å². The number of nitrogens with zero attached hydrogens (tertiary/aromatic N) is 5. The van der Waals surface area contributed by atoms with Gasteiger partial charge in [0, 0.05) is 43.3 Å². The third kappa shape index (κ3) is 4.83. The van der Waals surface area contributed by atoms with Crippen molar-refractivity contribution < 1.29 is 9.53 Å². The second kappa shape index (κ2) is 9.95. The molecule has 1 aliphatic heterocycles. The third-order valence-corrected chi connectivity index (χ3v) is 7.25. The van der Waals surface area contributed by atoms with Crippen LogP contribution in [-0.2, 0) is 13.0 Å². The minimum Gasteiger partial charge on any atom is -0.497 e. The molecule has 1 aliphatic rings. The van der Waals surface area contributed by atoms with Gasteiger partial charge in [0.25, 0.3) is 5.91 Å². The maximum Gasteiger partial charge on any atom is 0.254 e. The van der Waals surface area contributed by atoms with Gasteiger partial charge in [0.1, 0.15) is 5.75 Å². The van der Waals surface area contributed by atoms with Gasteiger partial charge in [-0.05, 0) is 48.6 Å². The molecule has 0 radical (unpaired) electrons. The number of carbonyl (C=O) groups excluding carboxylic acids is 1. The normalized spacial score (nSPS) is 14.6. The second-order valence-corrected chi connectivity index (χ2v) is 9.69. The lowest BCUT2D eigenvalue weighted by atomic mass is 10.1. The Labute approximate surface area is 203 Å². The predicted molar refractivity (Wildman–Crippen MR) is 135 cm³/mol. The van der Waals surface area contributed by atoms with Crippen molar-refractivity contribution in [1.82, 2.24) is 24.6 Å². The molecule has 4 aromatic rings. The van der Waals surface area contributed by atoms with Gasteiger partial charge in [-0.2, -0.15) is 5.10 Å². The SMILES string of the molecule is COc1ccc(CCN2CCN(C(=O)c3cc(C)nc4c3cnn4Cc3cccs3)CC2)cc1. The van der Waals surface area contributed by atoms with Crippen LogP contribution in [0.3, 0.4) is 0 Å². The molecule has 34 heavy (non-hydrogen) atoms. The molecule has 1 amide bonds. The maximum absolute atomic E-state index is 13.5. The Bertz CT molecular complexity index is 1260. The van der Waals surface area contributed by atoms with E-state index >= 15 is 0 Å². The van der Waals surface area contributed by atoms with Gasteiger partial charge >= 0.3 is 0 Å². The zero-order chi connectivity index (χ0) is 23.5. The fourth-order valence-electron chi connectivity index (χ4n) is 4.44. The molecule has 176 valence electrons. The number of thiophene rings is 1. The summed E-state index contributed by atoms with van der Waals surface area (Å²) >= 11 is 1.70. The van der Waals surface area contributed by atoms with E-state index in [-0.39, 0.29) is 5.91 Å². The lowest BCUT2D eigenvalue weighted by molar-refractivity contribution is 0.0640. The van der Waals surface area contributed by atoms with E-state index in [9.17, 15) is 4.79 Å². The number of fused-ring (bicyclic) bond motifs is 1. The number of hydrogen-bond acceptors (Lipinski definition) is 6. The van der Waals surface area contributed by atoms with Gasteiger partial charge in [0.05, 0.1) is 30.8 Å². The van der Waals surface area contributed by atoms with E-state index in [2.05, 4.69) is 33.6 Å². The van der Waals surface area contributed by atoms with Crippen LogP contribution < -0.4 is 4.74 Å². The summed E-state index contributed by atoms with van der Waals surface area (Å²) in [5.41, 5.74) is 3.61. The van der Waals surface area contributed by atoms with Gasteiger partial charge < -0.3 is 9.64 Å². The van der Waals surface area contributed by atoms with Crippen LogP contribution in [0.4, 0.5) is 0 Å². The predicted octanol–water partition coefficient (Wildman–Crippen LogP) is 3.86. The van der Waals surface area contributed by atoms with Gasteiger partial charge in [-0.1, -0.05) is 18.2 Å². The molecule has 0 saturated carbocycles. The smallest absolute Gasteiger partial charge is 0.254 e. The third-order valence-electron chi connectivity index (χ3n) is 6.39. The first-order chi connectivity index (χ1) is 16.6. The molecule has 0 aliphatic carbocycles. The van der Waals surface area contributed by atoms with Crippen LogP contribution in [-0.4, -0.2) is 70.3 Å². The van der Waals surface area contributed by atoms with Gasteiger partial charge in [-0.25, -0.2) is 9.67 Å². The first kappa shape index (κ1) is 22.6. The highest BCUT2D eigenvalue weighted by molar-refractivity contribution is 7.09. The Morgan fingerprint density at radius 1 is 1.12 bits per heavy atom. The summed E-state index contributed by atoms with van der Waals surface area (Å²) in [4.78, 5) is 23.8. The summed E-state index contributed by atoms with van der Waals surface area (Å²) in [7, 11) is 1.69. The summed E-state index contributed by atoms with van der Waals surface area (Å²) in [6.45, 7) is 6.82. The lowest BCUT2D eigenvalue weighted by Crippen LogP contribution is -2.49. The van der Waals surface area contributed by atoms with Crippen LogP contribution in [0.25, 0.3) is 11.0 Å². The van der Waals surface area contributed by atoms with Crippen LogP contribution in [0.15, 0.2) is 54.0 Å². The molecule has 0 N–H and O–H groups in total. The first-order valence-electron chi connectivity index (χ1n) is 11.6. The zero-order valence-corrected chi connectivity index (χ0v) is 20.4. The highest BCUT2D eigenvalue weighted by atomic mass is 32.1. The van der Waals surface area contributed by atoms with E-state index in [0.717, 1.165) is 61.6 Å². The molecular formula is C26H29N5O2S. The average molecular weight is 476 g/mol. The number of rotatable bonds is 7. The quantitative estimate of drug-likeness (QED) is 0.406. The fraction of sp³-hybridized carbons (Fsp3) is 0.346. The number of aryl methyl sites for hydroxylation is 1. The van der Waals surface area contributed by atoms with E-state index < -0.39 is 0 Å². The number of aromatic nitrogens is 3. The van der Waals surface area contributed by atoms with Crippen LogP contribution >= 0.6 is 11.3 Å². The van der Waals surface area contributed by atoms with Crippen molar-refractivity contribution in [3.8, 4) is 5.75 Å². The number of piperazine rings is 1. The molecule has 1 aromatic carbocycles. The Hall–Kier alpha value is -3.23. The number of ether oxygens (including phenoxy) is 1. The monoisotopic (exact) mass is 475 g/mol. The van der Waals surface area contributed by atoms with Crippen LogP contribution in [0.5, 0.6) is 5.75 Å². The lowest BCUT2D eigenvalue weighted by Gasteiger charge is -2.35. The van der Waals surface area contributed by atoms with Crippen molar-refractivity contribution in [2.45, 2.75) is 19.9 Å². The van der Waals surface area contributed by atoms with Crippen molar-refractivity contribution >= 4 is 28.3 Å². The van der Waals surface area contributed by atoms with Crippen molar-refractivity contribution in [2.24, 2.45) is 0 Å². The standard InChI is InChI=1S/C26H29N5O2S/c1-19-16-23(24-17-27-31(25(24)28-19)18-22-4-3-15-34-22)26(32)30-13-11-29(12-14-30)10-9-20-5-7-21(33-2)8-6-20/h3-8,15-17H,9-14,18H2,1-2H3. The Morgan fingerprint density at radius 2 is 1.91 bits per heavy atom. The van der Waals surface area contributed by atoms with E-state index in [1.807, 2.05) is 40.8 Å². The molecule has 0 unspecified atom stereocenters. The van der Waals surface area contributed by atoms with Crippen LogP contribution in [0.2, 0.25) is 0 Å². The number of benzene rings is 1. The van der Waals surface area contributed by atoms with E-state index in [4.69, 9.17) is 9.72 Å². The second-order valence-electron chi connectivity index (χ2n) is 8.66. The van der Waals surface area contributed by atoms with Crippen molar-refractivity contribution in [1.29, 1.82) is 0 Å². The number of methoxy groups -OCH3 is 1. The molecule has 8 heteroatoms. The molecule has 4 heterocycles. The number of carbonyl (C=O) groups is 1. The Balaban J connectivity index is 1.23. The molecule has 0 bridgehead atoms. The van der Waals surface area contributed by atoms with Crippen molar-refractivity contribution in [2.75, 3.05) is 39.8 Å². The number of amides is 1. The van der Waals surface area contributed by atoms with Gasteiger partial charge in [-0.15, -0.1) is 11.3 Å². The van der Waals surface area contributed by atoms with E-state index in [1.165, 1.54) is 10.4 Å². The maximum atomic E-state index is 13.5. The van der Waals surface area contributed by atoms with Gasteiger partial charge in [-0.3, -0.25) is 9.69 Å². The summed E-state index contributed by atoms with van der Waals surface area (Å²) in [5, 5.41) is 7.44. The molecule has 0 spiro atoms. The van der Waals surface area contributed by atoms with Crippen LogP contribution in [0, 0.1) is 6.92 Å². The highest BCUT2D eigenvalue weighted by Gasteiger charge is 2.25. The Morgan fingerprint density at radius 3 is 2.62 bits per heavy atom. The van der Waals surface area contributed by atoms with Gasteiger partial charge in [0.15, 0.2) is 5.65 Å². The van der Waals surface area contributed by atoms with Gasteiger partial charge in [0.2, 0.25) is 0 Å². The highest BCUT2D eigenvalue weighted by Crippen LogP contribution is 2.22. The molecule has 1 fully saturated rings. The molecule has 5 rings (SSSR count). The number of hydrogen-bond donors (Lipinski definition) is 0. The summed E-state index contributed by atoms with van der Waals surface area (Å²) in [5.74, 6) is 0.953. The van der Waals surface area contributed by atoms with E-state index in [1.54, 1.807) is 24.6 Å². The number of pyridine rings is 1. The minimum atomic E-state index is 0.0704. The fourth-order valence-corrected chi connectivity index (χ4v) is 5.13. The summed E-state index contributed by atoms with van der Waals surface area (Å²) in [6, 6.07) is 14.3. The summed E-state index contributed by atoms with van der Waals surface area (Å²) in [6.07, 6.45) is 2.78. The van der Waals surface area contributed by atoms with Crippen LogP contribution in [0.1, 0.15) is 26.5 Å². The zero-order valence-electron chi connectivity index (χ0n) is 19.6. The van der Waals surface area contributed by atoms with Crippen molar-refractivity contribution in [3.63, 3.8) is 0 Å². The largest absolute Gasteiger partial charge is 0.497 e. The van der Waals surface area contributed by atoms with Crippen molar-refractivity contribution in [3.05, 3.63) is 75.7 Å². The molecule has 1 saturated heterocycles. The van der Waals surface area contributed by atoms with E-state index in [0.29, 0.717) is 12.1 Å². The summed E-state index contributed by atoms with van der Waals surface area (Å²) < 4.78 is 7.13. The molecule has 0 atom stereocenters. The molecule has 7 nitrogen and oxygen atoms in total. The first-order valence-corrected chi connectivity index (χ1v) is 12.5. The average Bonchev–Trinajstić information content (AvgIpc) is 3.53.